The van der Waals surface area contributed by atoms with Gasteiger partial charge in [0.1, 0.15) is 5.78 Å². The Morgan fingerprint density at radius 1 is 1.18 bits per heavy atom. The summed E-state index contributed by atoms with van der Waals surface area (Å²) < 4.78 is 0. The van der Waals surface area contributed by atoms with E-state index in [1.807, 2.05) is 24.3 Å². The number of Topliss-reactive ketones (excluding diaryl/α,β-unsaturated/α-hetero) is 1. The van der Waals surface area contributed by atoms with Gasteiger partial charge in [0.25, 0.3) is 0 Å². The molecule has 92 valence electrons. The lowest BCUT2D eigenvalue weighted by Crippen LogP contribution is -2.13. The number of rotatable bonds is 4. The first-order chi connectivity index (χ1) is 8.25. The minimum absolute atomic E-state index is 0.338. The third kappa shape index (κ3) is 3.85. The van der Waals surface area contributed by atoms with E-state index in [1.165, 1.54) is 32.1 Å². The van der Waals surface area contributed by atoms with Gasteiger partial charge in [0.15, 0.2) is 0 Å². The maximum atomic E-state index is 12.0. The molecule has 0 aliphatic heterocycles. The van der Waals surface area contributed by atoms with E-state index in [0.29, 0.717) is 23.1 Å². The standard InChI is InChI=1S/C15H19ClO/c16-15-9-5-4-8-13(15)11-14(17)10-12-6-2-1-3-7-12/h4-5,8-9,12H,1-3,6-7,10-11H2. The van der Waals surface area contributed by atoms with Crippen molar-refractivity contribution in [1.82, 2.24) is 0 Å². The summed E-state index contributed by atoms with van der Waals surface area (Å²) in [6, 6.07) is 7.64. The molecular weight excluding hydrogens is 232 g/mol. The van der Waals surface area contributed by atoms with Crippen molar-refractivity contribution in [1.29, 1.82) is 0 Å². The van der Waals surface area contributed by atoms with Crippen molar-refractivity contribution in [2.75, 3.05) is 0 Å². The van der Waals surface area contributed by atoms with E-state index in [9.17, 15) is 4.79 Å². The van der Waals surface area contributed by atoms with Crippen molar-refractivity contribution >= 4 is 17.4 Å². The van der Waals surface area contributed by atoms with Crippen molar-refractivity contribution in [2.24, 2.45) is 5.92 Å². The molecule has 2 rings (SSSR count). The predicted octanol–water partition coefficient (Wildman–Crippen LogP) is 4.42. The fraction of sp³-hybridized carbons (Fsp3) is 0.533. The van der Waals surface area contributed by atoms with Gasteiger partial charge >= 0.3 is 0 Å². The second-order valence-electron chi connectivity index (χ2n) is 5.02. The molecule has 1 aliphatic rings. The van der Waals surface area contributed by atoms with Crippen LogP contribution < -0.4 is 0 Å². The van der Waals surface area contributed by atoms with E-state index in [-0.39, 0.29) is 0 Å². The van der Waals surface area contributed by atoms with Crippen LogP contribution in [0.15, 0.2) is 24.3 Å². The quantitative estimate of drug-likeness (QED) is 0.773. The minimum atomic E-state index is 0.338. The number of carbonyl (C=O) groups excluding carboxylic acids is 1. The molecule has 1 aliphatic carbocycles. The fourth-order valence-electron chi connectivity index (χ4n) is 2.64. The summed E-state index contributed by atoms with van der Waals surface area (Å²) in [5.74, 6) is 0.962. The van der Waals surface area contributed by atoms with Gasteiger partial charge in [-0.3, -0.25) is 4.79 Å². The summed E-state index contributed by atoms with van der Waals surface area (Å²) in [5, 5.41) is 0.712. The van der Waals surface area contributed by atoms with E-state index in [1.54, 1.807) is 0 Å². The Hall–Kier alpha value is -0.820. The Bertz CT molecular complexity index is 380. The van der Waals surface area contributed by atoms with Crippen molar-refractivity contribution in [3.63, 3.8) is 0 Å². The van der Waals surface area contributed by atoms with E-state index >= 15 is 0 Å². The zero-order valence-electron chi connectivity index (χ0n) is 10.1. The van der Waals surface area contributed by atoms with Gasteiger partial charge < -0.3 is 0 Å². The molecule has 0 radical (unpaired) electrons. The molecule has 1 aromatic carbocycles. The molecule has 1 nitrogen and oxygen atoms in total. The van der Waals surface area contributed by atoms with Gasteiger partial charge in [-0.25, -0.2) is 0 Å². The molecule has 0 saturated heterocycles. The Morgan fingerprint density at radius 2 is 1.88 bits per heavy atom. The van der Waals surface area contributed by atoms with Gasteiger partial charge in [-0.1, -0.05) is 61.9 Å². The van der Waals surface area contributed by atoms with E-state index in [4.69, 9.17) is 11.6 Å². The maximum absolute atomic E-state index is 12.0. The Kier molecular flexibility index (Phi) is 4.61. The Balaban J connectivity index is 1.86. The number of carbonyl (C=O) groups is 1. The number of hydrogen-bond donors (Lipinski definition) is 0. The number of hydrogen-bond acceptors (Lipinski definition) is 1. The molecule has 1 saturated carbocycles. The van der Waals surface area contributed by atoms with Gasteiger partial charge in [-0.2, -0.15) is 0 Å². The minimum Gasteiger partial charge on any atom is -0.299 e. The summed E-state index contributed by atoms with van der Waals surface area (Å²) in [6.07, 6.45) is 7.63. The van der Waals surface area contributed by atoms with Gasteiger partial charge in [0.05, 0.1) is 0 Å². The first-order valence-corrected chi connectivity index (χ1v) is 6.88. The molecule has 0 spiro atoms. The topological polar surface area (TPSA) is 17.1 Å². The van der Waals surface area contributed by atoms with E-state index in [0.717, 1.165) is 12.0 Å². The normalized spacial score (nSPS) is 17.0. The molecular formula is C15H19ClO. The van der Waals surface area contributed by atoms with Crippen LogP contribution in [0.2, 0.25) is 5.02 Å². The smallest absolute Gasteiger partial charge is 0.137 e. The summed E-state index contributed by atoms with van der Waals surface area (Å²) in [6.45, 7) is 0. The Morgan fingerprint density at radius 3 is 2.59 bits per heavy atom. The van der Waals surface area contributed by atoms with Crippen molar-refractivity contribution < 1.29 is 4.79 Å². The summed E-state index contributed by atoms with van der Waals surface area (Å²) in [5.41, 5.74) is 0.968. The predicted molar refractivity (Wildman–Crippen MR) is 71.4 cm³/mol. The molecule has 1 aromatic rings. The van der Waals surface area contributed by atoms with E-state index in [2.05, 4.69) is 0 Å². The molecule has 0 amide bonds. The van der Waals surface area contributed by atoms with Crippen molar-refractivity contribution in [3.05, 3.63) is 34.9 Å². The molecule has 17 heavy (non-hydrogen) atoms. The first-order valence-electron chi connectivity index (χ1n) is 6.51. The number of benzene rings is 1. The van der Waals surface area contributed by atoms with Crippen LogP contribution in [0.4, 0.5) is 0 Å². The highest BCUT2D eigenvalue weighted by molar-refractivity contribution is 6.31. The molecule has 1 fully saturated rings. The molecule has 0 heterocycles. The van der Waals surface area contributed by atoms with Crippen LogP contribution in [0.1, 0.15) is 44.1 Å². The van der Waals surface area contributed by atoms with Gasteiger partial charge in [0, 0.05) is 17.9 Å². The highest BCUT2D eigenvalue weighted by Crippen LogP contribution is 2.27. The van der Waals surface area contributed by atoms with Crippen LogP contribution in [0.3, 0.4) is 0 Å². The maximum Gasteiger partial charge on any atom is 0.137 e. The molecule has 0 unspecified atom stereocenters. The van der Waals surface area contributed by atoms with Gasteiger partial charge in [-0.15, -0.1) is 0 Å². The zero-order chi connectivity index (χ0) is 12.1. The molecule has 0 atom stereocenters. The van der Waals surface area contributed by atoms with Crippen molar-refractivity contribution in [3.8, 4) is 0 Å². The third-order valence-corrected chi connectivity index (χ3v) is 3.96. The highest BCUT2D eigenvalue weighted by atomic mass is 35.5. The monoisotopic (exact) mass is 250 g/mol. The summed E-state index contributed by atoms with van der Waals surface area (Å²) in [4.78, 5) is 12.0. The number of ketones is 1. The summed E-state index contributed by atoms with van der Waals surface area (Å²) >= 11 is 6.06. The molecule has 0 N–H and O–H groups in total. The molecule has 2 heteroatoms. The highest BCUT2D eigenvalue weighted by Gasteiger charge is 2.17. The van der Waals surface area contributed by atoms with Crippen LogP contribution in [-0.2, 0) is 11.2 Å². The lowest BCUT2D eigenvalue weighted by Gasteiger charge is -2.20. The van der Waals surface area contributed by atoms with Crippen LogP contribution in [0.25, 0.3) is 0 Å². The first kappa shape index (κ1) is 12.6. The van der Waals surface area contributed by atoms with Crippen LogP contribution in [0.5, 0.6) is 0 Å². The van der Waals surface area contributed by atoms with Gasteiger partial charge in [0.2, 0.25) is 0 Å². The van der Waals surface area contributed by atoms with Crippen LogP contribution >= 0.6 is 11.6 Å². The largest absolute Gasteiger partial charge is 0.299 e. The zero-order valence-corrected chi connectivity index (χ0v) is 10.9. The SMILES string of the molecule is O=C(Cc1ccccc1Cl)CC1CCCCC1. The van der Waals surface area contributed by atoms with Gasteiger partial charge in [-0.05, 0) is 17.5 Å². The molecule has 0 aromatic heterocycles. The fourth-order valence-corrected chi connectivity index (χ4v) is 2.84. The Labute approximate surface area is 108 Å². The third-order valence-electron chi connectivity index (χ3n) is 3.59. The lowest BCUT2D eigenvalue weighted by atomic mass is 9.85. The van der Waals surface area contributed by atoms with E-state index < -0.39 is 0 Å². The second-order valence-corrected chi connectivity index (χ2v) is 5.42. The number of halogens is 1. The lowest BCUT2D eigenvalue weighted by molar-refractivity contribution is -0.119. The van der Waals surface area contributed by atoms with Crippen LogP contribution in [0, 0.1) is 5.92 Å². The average Bonchev–Trinajstić information content (AvgIpc) is 2.33. The molecule has 0 bridgehead atoms. The average molecular weight is 251 g/mol. The summed E-state index contributed by atoms with van der Waals surface area (Å²) in [7, 11) is 0. The van der Waals surface area contributed by atoms with Crippen LogP contribution in [-0.4, -0.2) is 5.78 Å². The second kappa shape index (κ2) is 6.20. The van der Waals surface area contributed by atoms with Crippen molar-refractivity contribution in [2.45, 2.75) is 44.9 Å².